The number of carbonyl (C=O) groups excluding carboxylic acids is 1. The zero-order valence-electron chi connectivity index (χ0n) is 15.6. The van der Waals surface area contributed by atoms with E-state index in [-0.39, 0.29) is 46.4 Å². The molecule has 4 aliphatic rings. The van der Waals surface area contributed by atoms with Gasteiger partial charge in [-0.05, 0) is 74.0 Å². The molecule has 0 aromatic rings. The zero-order valence-corrected chi connectivity index (χ0v) is 15.6. The van der Waals surface area contributed by atoms with Crippen molar-refractivity contribution in [2.45, 2.75) is 77.6 Å². The summed E-state index contributed by atoms with van der Waals surface area (Å²) < 4.78 is 0. The van der Waals surface area contributed by atoms with E-state index in [9.17, 15) is 20.1 Å². The molecule has 0 radical (unpaired) electrons. The van der Waals surface area contributed by atoms with Gasteiger partial charge in [-0.3, -0.25) is 4.79 Å². The normalized spacial score (nSPS) is 55.0. The highest BCUT2D eigenvalue weighted by molar-refractivity contribution is 5.79. The van der Waals surface area contributed by atoms with Gasteiger partial charge in [-0.25, -0.2) is 0 Å². The van der Waals surface area contributed by atoms with Gasteiger partial charge in [0.25, 0.3) is 0 Å². The van der Waals surface area contributed by atoms with Gasteiger partial charge in [0.1, 0.15) is 5.78 Å². The second-order valence-corrected chi connectivity index (χ2v) is 9.72. The van der Waals surface area contributed by atoms with Gasteiger partial charge in [0.2, 0.25) is 0 Å². The Morgan fingerprint density at radius 1 is 1.16 bits per heavy atom. The van der Waals surface area contributed by atoms with Crippen LogP contribution in [-0.4, -0.2) is 39.4 Å². The summed E-state index contributed by atoms with van der Waals surface area (Å²) in [6.07, 6.45) is 5.31. The molecule has 4 aliphatic carbocycles. The number of ketones is 1. The molecule has 3 N–H and O–H groups in total. The second-order valence-electron chi connectivity index (χ2n) is 9.72. The average molecular weight is 348 g/mol. The summed E-state index contributed by atoms with van der Waals surface area (Å²) in [5.41, 5.74) is 0.783. The van der Waals surface area contributed by atoms with Crippen LogP contribution in [0.2, 0.25) is 0 Å². The lowest BCUT2D eigenvalue weighted by Gasteiger charge is -2.60. The van der Waals surface area contributed by atoms with E-state index in [2.05, 4.69) is 13.8 Å². The number of aliphatic hydroxyl groups is 3. The molecule has 3 saturated carbocycles. The van der Waals surface area contributed by atoms with Crippen LogP contribution in [0.5, 0.6) is 0 Å². The Morgan fingerprint density at radius 2 is 1.88 bits per heavy atom. The number of Topliss-reactive ketones (excluding diaryl/α,β-unsaturated/α-hetero) is 1. The second kappa shape index (κ2) is 5.64. The van der Waals surface area contributed by atoms with Gasteiger partial charge in [0.15, 0.2) is 0 Å². The molecule has 3 fully saturated rings. The van der Waals surface area contributed by atoms with Crippen molar-refractivity contribution in [3.8, 4) is 0 Å². The zero-order chi connectivity index (χ0) is 18.1. The van der Waals surface area contributed by atoms with E-state index in [1.807, 2.05) is 6.08 Å². The number of hydrogen-bond donors (Lipinski definition) is 3. The van der Waals surface area contributed by atoms with E-state index in [0.717, 1.165) is 31.3 Å². The first-order chi connectivity index (χ1) is 11.7. The third-order valence-electron chi connectivity index (χ3n) is 8.53. The van der Waals surface area contributed by atoms with Crippen molar-refractivity contribution in [2.75, 3.05) is 0 Å². The van der Waals surface area contributed by atoms with E-state index < -0.39 is 12.2 Å². The fraction of sp³-hybridized carbons (Fsp3) is 0.857. The van der Waals surface area contributed by atoms with Gasteiger partial charge in [-0.15, -0.1) is 0 Å². The van der Waals surface area contributed by atoms with Crippen molar-refractivity contribution in [3.63, 3.8) is 0 Å². The van der Waals surface area contributed by atoms with Crippen LogP contribution in [0.1, 0.15) is 59.3 Å². The lowest BCUT2D eigenvalue weighted by molar-refractivity contribution is -0.157. The quantitative estimate of drug-likeness (QED) is 0.636. The van der Waals surface area contributed by atoms with Crippen molar-refractivity contribution >= 4 is 5.78 Å². The summed E-state index contributed by atoms with van der Waals surface area (Å²) in [4.78, 5) is 12.2. The Kier molecular flexibility index (Phi) is 3.99. The molecule has 0 aromatic heterocycles. The van der Waals surface area contributed by atoms with Gasteiger partial charge >= 0.3 is 0 Å². The van der Waals surface area contributed by atoms with E-state index in [1.165, 1.54) is 0 Å². The van der Waals surface area contributed by atoms with Crippen LogP contribution in [0.3, 0.4) is 0 Å². The molecule has 0 bridgehead atoms. The van der Waals surface area contributed by atoms with Crippen molar-refractivity contribution in [2.24, 2.45) is 34.5 Å². The molecule has 4 nitrogen and oxygen atoms in total. The molecule has 0 amide bonds. The minimum absolute atomic E-state index is 0.00617. The Hall–Kier alpha value is -0.710. The fourth-order valence-electron chi connectivity index (χ4n) is 7.41. The molecular weight excluding hydrogens is 316 g/mol. The number of rotatable bonds is 1. The summed E-state index contributed by atoms with van der Waals surface area (Å²) in [5, 5.41) is 32.3. The predicted octanol–water partition coefficient (Wildman–Crippen LogP) is 2.46. The van der Waals surface area contributed by atoms with E-state index >= 15 is 0 Å². The third-order valence-corrected chi connectivity index (χ3v) is 8.53. The van der Waals surface area contributed by atoms with Gasteiger partial charge in [0.05, 0.1) is 18.3 Å². The van der Waals surface area contributed by atoms with Crippen LogP contribution in [0.25, 0.3) is 0 Å². The molecule has 0 spiro atoms. The largest absolute Gasteiger partial charge is 0.393 e. The van der Waals surface area contributed by atoms with Crippen molar-refractivity contribution in [1.29, 1.82) is 0 Å². The standard InChI is InChI=1S/C21H32O4/c1-11(22)14-4-5-15-18-16(24)9-12-8-13(23)6-7-20(12,2)19(18)17(25)10-21(14,15)3/h9,13-19,23-25H,4-8,10H2,1-3H3/t13?,14-,15+,16?,17?,18-,19+,20+,21-/m1/s1. The van der Waals surface area contributed by atoms with Gasteiger partial charge in [0, 0.05) is 5.92 Å². The monoisotopic (exact) mass is 348 g/mol. The molecule has 0 saturated heterocycles. The first-order valence-corrected chi connectivity index (χ1v) is 9.94. The van der Waals surface area contributed by atoms with Gasteiger partial charge in [-0.2, -0.15) is 0 Å². The minimum Gasteiger partial charge on any atom is -0.393 e. The molecule has 0 aromatic carbocycles. The van der Waals surface area contributed by atoms with Crippen molar-refractivity contribution < 1.29 is 20.1 Å². The first-order valence-electron chi connectivity index (χ1n) is 9.94. The number of fused-ring (bicyclic) bond motifs is 5. The Morgan fingerprint density at radius 3 is 2.56 bits per heavy atom. The highest BCUT2D eigenvalue weighted by atomic mass is 16.3. The molecule has 4 rings (SSSR count). The summed E-state index contributed by atoms with van der Waals surface area (Å²) in [6.45, 7) is 6.06. The molecule has 0 heterocycles. The highest BCUT2D eigenvalue weighted by Gasteiger charge is 2.64. The predicted molar refractivity (Wildman–Crippen MR) is 94.7 cm³/mol. The lowest BCUT2D eigenvalue weighted by Crippen LogP contribution is -2.60. The van der Waals surface area contributed by atoms with E-state index in [0.29, 0.717) is 12.8 Å². The lowest BCUT2D eigenvalue weighted by atomic mass is 9.46. The molecule has 0 aliphatic heterocycles. The maximum Gasteiger partial charge on any atom is 0.133 e. The maximum absolute atomic E-state index is 12.2. The summed E-state index contributed by atoms with van der Waals surface area (Å²) in [7, 11) is 0. The SMILES string of the molecule is CC(=O)[C@H]1CC[C@H]2[C@@H]3C(O)C=C4CC(O)CC[C@]4(C)[C@H]3C(O)C[C@]12C. The summed E-state index contributed by atoms with van der Waals surface area (Å²) >= 11 is 0. The van der Waals surface area contributed by atoms with Gasteiger partial charge in [-0.1, -0.05) is 25.5 Å². The van der Waals surface area contributed by atoms with Crippen molar-refractivity contribution in [1.82, 2.24) is 0 Å². The topological polar surface area (TPSA) is 77.8 Å². The van der Waals surface area contributed by atoms with Crippen LogP contribution in [0, 0.1) is 34.5 Å². The van der Waals surface area contributed by atoms with Gasteiger partial charge < -0.3 is 15.3 Å². The molecule has 3 unspecified atom stereocenters. The maximum atomic E-state index is 12.2. The van der Waals surface area contributed by atoms with Crippen LogP contribution < -0.4 is 0 Å². The number of carbonyl (C=O) groups is 1. The third kappa shape index (κ3) is 2.33. The number of hydrogen-bond acceptors (Lipinski definition) is 4. The molecule has 4 heteroatoms. The highest BCUT2D eigenvalue weighted by Crippen LogP contribution is 2.66. The Bertz CT molecular complexity index is 613. The molecule has 25 heavy (non-hydrogen) atoms. The van der Waals surface area contributed by atoms with E-state index in [4.69, 9.17) is 0 Å². The molecule has 9 atom stereocenters. The van der Waals surface area contributed by atoms with Crippen LogP contribution in [0.15, 0.2) is 11.6 Å². The fourth-order valence-corrected chi connectivity index (χ4v) is 7.41. The average Bonchev–Trinajstić information content (AvgIpc) is 2.85. The van der Waals surface area contributed by atoms with Crippen LogP contribution >= 0.6 is 0 Å². The smallest absolute Gasteiger partial charge is 0.133 e. The van der Waals surface area contributed by atoms with Crippen LogP contribution in [-0.2, 0) is 4.79 Å². The first kappa shape index (κ1) is 17.7. The van der Waals surface area contributed by atoms with Crippen molar-refractivity contribution in [3.05, 3.63) is 11.6 Å². The Balaban J connectivity index is 1.77. The van der Waals surface area contributed by atoms with E-state index in [1.54, 1.807) is 6.92 Å². The molecule has 140 valence electrons. The van der Waals surface area contributed by atoms with Crippen LogP contribution in [0.4, 0.5) is 0 Å². The molecular formula is C21H32O4. The Labute approximate surface area is 150 Å². The summed E-state index contributed by atoms with van der Waals surface area (Å²) in [6, 6.07) is 0. The number of aliphatic hydroxyl groups excluding tert-OH is 3. The minimum atomic E-state index is -0.580. The summed E-state index contributed by atoms with van der Waals surface area (Å²) in [5.74, 6) is 0.558.